The van der Waals surface area contributed by atoms with Gasteiger partial charge in [0.25, 0.3) is 5.24 Å². The average Bonchev–Trinajstić information content (AvgIpc) is 2.75. The van der Waals surface area contributed by atoms with Crippen molar-refractivity contribution < 1.29 is 4.79 Å². The van der Waals surface area contributed by atoms with Gasteiger partial charge < -0.3 is 5.32 Å². The summed E-state index contributed by atoms with van der Waals surface area (Å²) in [5.41, 5.74) is 0. The van der Waals surface area contributed by atoms with Crippen molar-refractivity contribution >= 4 is 28.6 Å². The molecule has 0 radical (unpaired) electrons. The highest BCUT2D eigenvalue weighted by Crippen LogP contribution is 2.18. The second-order valence-corrected chi connectivity index (χ2v) is 5.11. The van der Waals surface area contributed by atoms with Gasteiger partial charge in [0.1, 0.15) is 0 Å². The minimum absolute atomic E-state index is 0.0347. The Balaban J connectivity index is 1.81. The molecule has 6 nitrogen and oxygen atoms in total. The lowest BCUT2D eigenvalue weighted by atomic mass is 10.2. The molecule has 2 saturated heterocycles. The number of carbonyl (C=O) groups is 1. The molecule has 5 N–H and O–H groups in total. The van der Waals surface area contributed by atoms with Gasteiger partial charge in [-0.05, 0) is 11.8 Å². The van der Waals surface area contributed by atoms with Crippen molar-refractivity contribution in [3.8, 4) is 0 Å². The average molecular weight is 266 g/mol. The van der Waals surface area contributed by atoms with Crippen LogP contribution in [0.25, 0.3) is 0 Å². The number of halogens is 1. The summed E-state index contributed by atoms with van der Waals surface area (Å²) in [7, 11) is 0. The Kier molecular flexibility index (Phi) is 4.68. The fourth-order valence-electron chi connectivity index (χ4n) is 1.83. The Morgan fingerprint density at radius 3 is 2.81 bits per heavy atom. The smallest absolute Gasteiger partial charge is 0.280 e. The number of rotatable bonds is 3. The largest absolute Gasteiger partial charge is 0.346 e. The molecule has 0 saturated carbocycles. The normalized spacial score (nSPS) is 33.4. The zero-order chi connectivity index (χ0) is 11.4. The first-order valence-electron chi connectivity index (χ1n) is 5.25. The van der Waals surface area contributed by atoms with E-state index in [4.69, 9.17) is 11.6 Å². The predicted octanol–water partition coefficient (Wildman–Crippen LogP) is -1.01. The standard InChI is InChI=1S/C8H16ClN5OS/c9-1-2-10-8(15)16-7-5-6(12-3-11-5)13-4-14-7/h5-7,11-14H,1-4H2,(H,10,15). The van der Waals surface area contributed by atoms with Crippen molar-refractivity contribution in [3.05, 3.63) is 0 Å². The van der Waals surface area contributed by atoms with Gasteiger partial charge in [-0.25, -0.2) is 0 Å². The fraction of sp³-hybridized carbons (Fsp3) is 0.875. The first kappa shape index (κ1) is 12.4. The van der Waals surface area contributed by atoms with E-state index in [1.807, 2.05) is 0 Å². The van der Waals surface area contributed by atoms with Crippen LogP contribution < -0.4 is 26.6 Å². The zero-order valence-corrected chi connectivity index (χ0v) is 10.3. The number of alkyl halides is 1. The molecule has 92 valence electrons. The molecule has 3 unspecified atom stereocenters. The zero-order valence-electron chi connectivity index (χ0n) is 8.75. The first-order valence-corrected chi connectivity index (χ1v) is 6.66. The highest BCUT2D eigenvalue weighted by molar-refractivity contribution is 8.14. The summed E-state index contributed by atoms with van der Waals surface area (Å²) in [5, 5.41) is 15.9. The molecule has 0 aromatic rings. The van der Waals surface area contributed by atoms with Crippen LogP contribution in [0.15, 0.2) is 0 Å². The fourth-order valence-corrected chi connectivity index (χ4v) is 2.91. The third-order valence-electron chi connectivity index (χ3n) is 2.57. The SMILES string of the molecule is O=C(NCCCl)SC1NCNC2NCNC21. The second kappa shape index (κ2) is 6.04. The molecule has 2 aliphatic heterocycles. The Hall–Kier alpha value is -0.0500. The summed E-state index contributed by atoms with van der Waals surface area (Å²) in [6.07, 6.45) is 0.236. The number of thioether (sulfide) groups is 1. The molecule has 0 aromatic carbocycles. The maximum absolute atomic E-state index is 11.5. The van der Waals surface area contributed by atoms with E-state index in [1.54, 1.807) is 0 Å². The minimum Gasteiger partial charge on any atom is -0.346 e. The van der Waals surface area contributed by atoms with E-state index in [1.165, 1.54) is 11.8 Å². The molecule has 2 heterocycles. The van der Waals surface area contributed by atoms with Crippen molar-refractivity contribution in [1.82, 2.24) is 26.6 Å². The van der Waals surface area contributed by atoms with Gasteiger partial charge in [0.05, 0.1) is 17.6 Å². The van der Waals surface area contributed by atoms with E-state index in [0.717, 1.165) is 6.67 Å². The van der Waals surface area contributed by atoms with Gasteiger partial charge in [0, 0.05) is 25.8 Å². The van der Waals surface area contributed by atoms with Crippen LogP contribution in [0, 0.1) is 0 Å². The summed E-state index contributed by atoms with van der Waals surface area (Å²) in [6, 6.07) is 0.223. The first-order chi connectivity index (χ1) is 7.81. The van der Waals surface area contributed by atoms with Crippen molar-refractivity contribution in [2.24, 2.45) is 0 Å². The van der Waals surface area contributed by atoms with Gasteiger partial charge in [0.2, 0.25) is 0 Å². The minimum atomic E-state index is -0.0347. The van der Waals surface area contributed by atoms with Crippen LogP contribution in [0.5, 0.6) is 0 Å². The number of amides is 1. The van der Waals surface area contributed by atoms with E-state index in [2.05, 4.69) is 26.6 Å². The third-order valence-corrected chi connectivity index (χ3v) is 3.83. The lowest BCUT2D eigenvalue weighted by Gasteiger charge is -2.34. The summed E-state index contributed by atoms with van der Waals surface area (Å²) in [5.74, 6) is 0.442. The number of nitrogens with one attached hydrogen (secondary N) is 5. The molecule has 0 spiro atoms. The molecular formula is C8H16ClN5OS. The van der Waals surface area contributed by atoms with Crippen molar-refractivity contribution in [1.29, 1.82) is 0 Å². The van der Waals surface area contributed by atoms with Gasteiger partial charge in [-0.2, -0.15) is 0 Å². The molecule has 8 heteroatoms. The highest BCUT2D eigenvalue weighted by atomic mass is 35.5. The van der Waals surface area contributed by atoms with E-state index in [0.29, 0.717) is 19.1 Å². The predicted molar refractivity (Wildman–Crippen MR) is 65.4 cm³/mol. The van der Waals surface area contributed by atoms with Gasteiger partial charge in [-0.1, -0.05) is 0 Å². The van der Waals surface area contributed by atoms with Crippen molar-refractivity contribution in [2.45, 2.75) is 17.6 Å². The second-order valence-electron chi connectivity index (χ2n) is 3.62. The third kappa shape index (κ3) is 2.99. The molecule has 0 bridgehead atoms. The summed E-state index contributed by atoms with van der Waals surface area (Å²) >= 11 is 6.78. The van der Waals surface area contributed by atoms with Crippen LogP contribution >= 0.6 is 23.4 Å². The highest BCUT2D eigenvalue weighted by Gasteiger charge is 2.37. The molecular weight excluding hydrogens is 250 g/mol. The number of carbonyl (C=O) groups excluding carboxylic acids is 1. The van der Waals surface area contributed by atoms with Crippen LogP contribution in [0.2, 0.25) is 0 Å². The summed E-state index contributed by atoms with van der Waals surface area (Å²) in [4.78, 5) is 11.5. The van der Waals surface area contributed by atoms with E-state index in [9.17, 15) is 4.79 Å². The van der Waals surface area contributed by atoms with Crippen LogP contribution in [0.4, 0.5) is 4.79 Å². The summed E-state index contributed by atoms with van der Waals surface area (Å²) < 4.78 is 0. The van der Waals surface area contributed by atoms with E-state index >= 15 is 0 Å². The molecule has 16 heavy (non-hydrogen) atoms. The van der Waals surface area contributed by atoms with Gasteiger partial charge >= 0.3 is 0 Å². The van der Waals surface area contributed by atoms with Gasteiger partial charge in [-0.3, -0.25) is 26.1 Å². The van der Waals surface area contributed by atoms with Gasteiger partial charge in [0.15, 0.2) is 0 Å². The van der Waals surface area contributed by atoms with E-state index in [-0.39, 0.29) is 22.8 Å². The molecule has 3 atom stereocenters. The summed E-state index contributed by atoms with van der Waals surface area (Å²) in [6.45, 7) is 1.98. The van der Waals surface area contributed by atoms with Crippen LogP contribution in [0.3, 0.4) is 0 Å². The molecule has 0 aromatic heterocycles. The Bertz CT molecular complexity index is 257. The maximum Gasteiger partial charge on any atom is 0.280 e. The molecule has 1 amide bonds. The van der Waals surface area contributed by atoms with E-state index < -0.39 is 0 Å². The van der Waals surface area contributed by atoms with Crippen LogP contribution in [-0.4, -0.2) is 48.6 Å². The van der Waals surface area contributed by atoms with Gasteiger partial charge in [-0.15, -0.1) is 11.6 Å². The molecule has 2 aliphatic rings. The Morgan fingerprint density at radius 1 is 1.31 bits per heavy atom. The molecule has 0 aliphatic carbocycles. The maximum atomic E-state index is 11.5. The lowest BCUT2D eigenvalue weighted by Crippen LogP contribution is -2.63. The van der Waals surface area contributed by atoms with Crippen LogP contribution in [0.1, 0.15) is 0 Å². The molecule has 2 fully saturated rings. The number of fused-ring (bicyclic) bond motifs is 1. The van der Waals surface area contributed by atoms with Crippen molar-refractivity contribution in [2.75, 3.05) is 25.8 Å². The number of hydrogen-bond donors (Lipinski definition) is 5. The lowest BCUT2D eigenvalue weighted by molar-refractivity contribution is 0.260. The monoisotopic (exact) mass is 265 g/mol. The molecule has 2 rings (SSSR count). The van der Waals surface area contributed by atoms with Crippen molar-refractivity contribution in [3.63, 3.8) is 0 Å². The Labute approximate surface area is 104 Å². The topological polar surface area (TPSA) is 77.2 Å². The Morgan fingerprint density at radius 2 is 2.06 bits per heavy atom. The number of hydrogen-bond acceptors (Lipinski definition) is 6. The van der Waals surface area contributed by atoms with Crippen LogP contribution in [-0.2, 0) is 0 Å². The quantitative estimate of drug-likeness (QED) is 0.421.